The number of carbonyl (C=O) groups is 1. The molecule has 7 nitrogen and oxygen atoms in total. The number of alkyl halides is 2. The van der Waals surface area contributed by atoms with Gasteiger partial charge in [-0.15, -0.1) is 0 Å². The van der Waals surface area contributed by atoms with Gasteiger partial charge in [-0.1, -0.05) is 6.07 Å². The molecule has 0 saturated carbocycles. The fourth-order valence-electron chi connectivity index (χ4n) is 3.23. The van der Waals surface area contributed by atoms with E-state index < -0.39 is 17.4 Å². The van der Waals surface area contributed by atoms with Crippen molar-refractivity contribution in [3.8, 4) is 5.75 Å². The van der Waals surface area contributed by atoms with E-state index in [-0.39, 0.29) is 35.1 Å². The summed E-state index contributed by atoms with van der Waals surface area (Å²) in [4.78, 5) is 26.2. The number of halogens is 3. The summed E-state index contributed by atoms with van der Waals surface area (Å²) >= 11 is 0. The van der Waals surface area contributed by atoms with Gasteiger partial charge in [0.05, 0.1) is 16.7 Å². The maximum atomic E-state index is 13.4. The van der Waals surface area contributed by atoms with Crippen LogP contribution >= 0.6 is 0 Å². The van der Waals surface area contributed by atoms with E-state index >= 15 is 0 Å². The number of rotatable bonds is 5. The molecule has 29 heavy (non-hydrogen) atoms. The molecule has 2 aromatic rings. The summed E-state index contributed by atoms with van der Waals surface area (Å²) in [6.07, 6.45) is 0.534. The highest BCUT2D eigenvalue weighted by Gasteiger charge is 2.24. The van der Waals surface area contributed by atoms with Crippen molar-refractivity contribution in [1.29, 1.82) is 0 Å². The fourth-order valence-corrected chi connectivity index (χ4v) is 3.23. The number of amides is 1. The fraction of sp³-hybridized carbons (Fsp3) is 0.316. The molecule has 0 unspecified atom stereocenters. The Morgan fingerprint density at radius 2 is 1.90 bits per heavy atom. The highest BCUT2D eigenvalue weighted by molar-refractivity contribution is 5.94. The summed E-state index contributed by atoms with van der Waals surface area (Å²) in [5, 5.41) is 10.9. The van der Waals surface area contributed by atoms with E-state index in [9.17, 15) is 28.1 Å². The second-order valence-corrected chi connectivity index (χ2v) is 6.43. The van der Waals surface area contributed by atoms with Gasteiger partial charge >= 0.3 is 6.61 Å². The normalized spacial score (nSPS) is 14.6. The first-order chi connectivity index (χ1) is 13.8. The van der Waals surface area contributed by atoms with Crippen molar-refractivity contribution in [3.05, 3.63) is 64.0 Å². The van der Waals surface area contributed by atoms with Gasteiger partial charge in [-0.05, 0) is 30.7 Å². The third-order valence-electron chi connectivity index (χ3n) is 4.57. The monoisotopic (exact) mass is 409 g/mol. The minimum atomic E-state index is -3.13. The number of hydrogen-bond donors (Lipinski definition) is 0. The van der Waals surface area contributed by atoms with Crippen molar-refractivity contribution in [3.63, 3.8) is 0 Å². The lowest BCUT2D eigenvalue weighted by Gasteiger charge is -2.25. The number of nitrogens with zero attached hydrogens (tertiary/aromatic N) is 3. The van der Waals surface area contributed by atoms with Gasteiger partial charge in [0.25, 0.3) is 11.6 Å². The van der Waals surface area contributed by atoms with Crippen molar-refractivity contribution < 1.29 is 27.6 Å². The Hall–Kier alpha value is -3.30. The number of benzene rings is 2. The van der Waals surface area contributed by atoms with Crippen molar-refractivity contribution in [2.45, 2.75) is 13.0 Å². The first-order valence-corrected chi connectivity index (χ1v) is 8.88. The standard InChI is InChI=1S/C19H18F3N3O4/c20-14-4-1-3-13(11-14)18(26)24-8-2-7-23(9-10-24)16-6-5-15(25(27)28)12-17(16)29-19(21)22/h1,3-6,11-12,19H,2,7-10H2. The summed E-state index contributed by atoms with van der Waals surface area (Å²) in [6, 6.07) is 8.93. The van der Waals surface area contributed by atoms with E-state index in [2.05, 4.69) is 4.74 Å². The van der Waals surface area contributed by atoms with Gasteiger partial charge < -0.3 is 14.5 Å². The molecule has 1 saturated heterocycles. The molecule has 0 radical (unpaired) electrons. The lowest BCUT2D eigenvalue weighted by atomic mass is 10.2. The summed E-state index contributed by atoms with van der Waals surface area (Å²) in [6.45, 7) is -1.71. The van der Waals surface area contributed by atoms with Crippen LogP contribution in [0.2, 0.25) is 0 Å². The maximum absolute atomic E-state index is 13.4. The highest BCUT2D eigenvalue weighted by Crippen LogP contribution is 2.34. The third kappa shape index (κ3) is 4.95. The Labute approximate surface area is 164 Å². The lowest BCUT2D eigenvalue weighted by Crippen LogP contribution is -2.35. The number of hydrogen-bond acceptors (Lipinski definition) is 5. The average Bonchev–Trinajstić information content (AvgIpc) is 2.93. The van der Waals surface area contributed by atoms with Crippen LogP contribution in [0.25, 0.3) is 0 Å². The van der Waals surface area contributed by atoms with E-state index in [0.29, 0.717) is 26.1 Å². The molecule has 1 aliphatic rings. The predicted molar refractivity (Wildman–Crippen MR) is 98.9 cm³/mol. The second kappa shape index (κ2) is 8.80. The van der Waals surface area contributed by atoms with Crippen molar-refractivity contribution in [2.75, 3.05) is 31.1 Å². The molecule has 0 aromatic heterocycles. The van der Waals surface area contributed by atoms with Crippen LogP contribution in [-0.4, -0.2) is 48.5 Å². The topological polar surface area (TPSA) is 75.9 Å². The van der Waals surface area contributed by atoms with Crippen LogP contribution < -0.4 is 9.64 Å². The van der Waals surface area contributed by atoms with Crippen LogP contribution in [-0.2, 0) is 0 Å². The molecule has 1 amide bonds. The molecular weight excluding hydrogens is 391 g/mol. The molecule has 0 spiro atoms. The van der Waals surface area contributed by atoms with Gasteiger partial charge in [0.2, 0.25) is 0 Å². The summed E-state index contributed by atoms with van der Waals surface area (Å²) < 4.78 is 43.4. The third-order valence-corrected chi connectivity index (χ3v) is 4.57. The minimum absolute atomic E-state index is 0.232. The zero-order valence-electron chi connectivity index (χ0n) is 15.3. The predicted octanol–water partition coefficient (Wildman–Crippen LogP) is 3.69. The van der Waals surface area contributed by atoms with Crippen LogP contribution in [0.3, 0.4) is 0 Å². The summed E-state index contributed by atoms with van der Waals surface area (Å²) in [7, 11) is 0. The van der Waals surface area contributed by atoms with Crippen molar-refractivity contribution in [2.24, 2.45) is 0 Å². The van der Waals surface area contributed by atoms with Crippen LogP contribution in [0.15, 0.2) is 42.5 Å². The van der Waals surface area contributed by atoms with Gasteiger partial charge in [-0.2, -0.15) is 8.78 Å². The van der Waals surface area contributed by atoms with Crippen molar-refractivity contribution >= 4 is 17.3 Å². The number of nitro benzene ring substituents is 1. The summed E-state index contributed by atoms with van der Waals surface area (Å²) in [5.41, 5.74) is 0.161. The Balaban J connectivity index is 1.78. The van der Waals surface area contributed by atoms with E-state index in [0.717, 1.165) is 12.1 Å². The van der Waals surface area contributed by atoms with Gasteiger partial charge in [-0.25, -0.2) is 4.39 Å². The Kier molecular flexibility index (Phi) is 6.20. The maximum Gasteiger partial charge on any atom is 0.387 e. The Bertz CT molecular complexity index is 910. The molecular formula is C19H18F3N3O4. The van der Waals surface area contributed by atoms with Gasteiger partial charge in [-0.3, -0.25) is 14.9 Å². The quantitative estimate of drug-likeness (QED) is 0.556. The largest absolute Gasteiger partial charge is 0.432 e. The van der Waals surface area contributed by atoms with Crippen molar-refractivity contribution in [1.82, 2.24) is 4.90 Å². The number of anilines is 1. The molecule has 2 aromatic carbocycles. The first-order valence-electron chi connectivity index (χ1n) is 8.88. The molecule has 1 aliphatic heterocycles. The molecule has 154 valence electrons. The Morgan fingerprint density at radius 3 is 2.59 bits per heavy atom. The van der Waals surface area contributed by atoms with Gasteiger partial charge in [0.1, 0.15) is 5.82 Å². The van der Waals surface area contributed by atoms with Crippen LogP contribution in [0.5, 0.6) is 5.75 Å². The molecule has 0 atom stereocenters. The molecule has 3 rings (SSSR count). The van der Waals surface area contributed by atoms with Crippen LogP contribution in [0.4, 0.5) is 24.5 Å². The van der Waals surface area contributed by atoms with E-state index in [1.165, 1.54) is 30.3 Å². The van der Waals surface area contributed by atoms with Crippen LogP contribution in [0.1, 0.15) is 16.8 Å². The first kappa shape index (κ1) is 20.4. The van der Waals surface area contributed by atoms with E-state index in [4.69, 9.17) is 0 Å². The average molecular weight is 409 g/mol. The number of ether oxygens (including phenoxy) is 1. The SMILES string of the molecule is O=C(c1cccc(F)c1)N1CCCN(c2ccc([N+](=O)[O-])cc2OC(F)F)CC1. The number of non-ortho nitro benzene ring substituents is 1. The van der Waals surface area contributed by atoms with E-state index in [1.54, 1.807) is 9.80 Å². The molecule has 1 fully saturated rings. The lowest BCUT2D eigenvalue weighted by molar-refractivity contribution is -0.385. The van der Waals surface area contributed by atoms with Crippen LogP contribution in [0, 0.1) is 15.9 Å². The van der Waals surface area contributed by atoms with Gasteiger partial charge in [0, 0.05) is 37.8 Å². The highest BCUT2D eigenvalue weighted by atomic mass is 19.3. The Morgan fingerprint density at radius 1 is 1.10 bits per heavy atom. The smallest absolute Gasteiger partial charge is 0.387 e. The minimum Gasteiger partial charge on any atom is -0.432 e. The number of nitro groups is 1. The molecule has 0 bridgehead atoms. The summed E-state index contributed by atoms with van der Waals surface area (Å²) in [5.74, 6) is -1.12. The second-order valence-electron chi connectivity index (χ2n) is 6.43. The zero-order chi connectivity index (χ0) is 21.0. The zero-order valence-corrected chi connectivity index (χ0v) is 15.3. The number of carbonyl (C=O) groups excluding carboxylic acids is 1. The molecule has 0 aliphatic carbocycles. The molecule has 1 heterocycles. The van der Waals surface area contributed by atoms with Gasteiger partial charge in [0.15, 0.2) is 5.75 Å². The molecule has 0 N–H and O–H groups in total. The molecule has 10 heteroatoms. The van der Waals surface area contributed by atoms with E-state index in [1.807, 2.05) is 0 Å².